The van der Waals surface area contributed by atoms with Gasteiger partial charge < -0.3 is 14.2 Å². The summed E-state index contributed by atoms with van der Waals surface area (Å²) in [4.78, 5) is 11.8. The molecule has 0 aliphatic carbocycles. The number of methoxy groups -OCH3 is 1. The van der Waals surface area contributed by atoms with Gasteiger partial charge in [0.05, 0.1) is 26.7 Å². The predicted molar refractivity (Wildman–Crippen MR) is 100 cm³/mol. The smallest absolute Gasteiger partial charge is 0.307 e. The number of benzene rings is 1. The molecule has 1 aliphatic rings. The fourth-order valence-corrected chi connectivity index (χ4v) is 3.44. The quantitative estimate of drug-likeness (QED) is 0.559. The van der Waals surface area contributed by atoms with E-state index in [0.29, 0.717) is 26.1 Å². The van der Waals surface area contributed by atoms with E-state index in [9.17, 15) is 4.79 Å². The molecule has 0 spiro atoms. The van der Waals surface area contributed by atoms with Crippen LogP contribution in [0.4, 0.5) is 0 Å². The Balaban J connectivity index is 2.04. The summed E-state index contributed by atoms with van der Waals surface area (Å²) >= 11 is 1.63. The zero-order valence-electron chi connectivity index (χ0n) is 15.5. The summed E-state index contributed by atoms with van der Waals surface area (Å²) in [5, 5.41) is 0. The van der Waals surface area contributed by atoms with Crippen LogP contribution in [-0.2, 0) is 24.8 Å². The molecule has 1 N–H and O–H groups in total. The van der Waals surface area contributed by atoms with Gasteiger partial charge in [-0.1, -0.05) is 42.3 Å². The number of nitrogens with one attached hydrogen (secondary N) is 1. The zero-order valence-corrected chi connectivity index (χ0v) is 16.4. The molecule has 0 amide bonds. The molecule has 0 saturated carbocycles. The highest BCUT2D eigenvalue weighted by molar-refractivity contribution is 7.98. The van der Waals surface area contributed by atoms with Crippen LogP contribution in [0.3, 0.4) is 0 Å². The van der Waals surface area contributed by atoms with E-state index in [2.05, 4.69) is 25.5 Å². The topological polar surface area (TPSA) is 56.8 Å². The Kier molecular flexibility index (Phi) is 7.31. The predicted octanol–water partition coefficient (Wildman–Crippen LogP) is 3.63. The van der Waals surface area contributed by atoms with Gasteiger partial charge in [-0.2, -0.15) is 0 Å². The van der Waals surface area contributed by atoms with E-state index >= 15 is 0 Å². The molecular formula is C19H29NO4S. The average molecular weight is 368 g/mol. The van der Waals surface area contributed by atoms with Gasteiger partial charge in [-0.25, -0.2) is 0 Å². The Hall–Kier alpha value is -1.08. The highest BCUT2D eigenvalue weighted by atomic mass is 32.2. The van der Waals surface area contributed by atoms with Crippen molar-refractivity contribution in [1.29, 1.82) is 0 Å². The Bertz CT molecular complexity index is 538. The second-order valence-electron chi connectivity index (χ2n) is 7.16. The van der Waals surface area contributed by atoms with Crippen LogP contribution in [-0.4, -0.2) is 37.1 Å². The number of rotatable bonds is 8. The van der Waals surface area contributed by atoms with Crippen LogP contribution < -0.4 is 4.72 Å². The van der Waals surface area contributed by atoms with E-state index in [1.54, 1.807) is 11.9 Å². The monoisotopic (exact) mass is 367 g/mol. The van der Waals surface area contributed by atoms with Crippen LogP contribution in [0.2, 0.25) is 0 Å². The minimum atomic E-state index is -0.719. The van der Waals surface area contributed by atoms with Crippen LogP contribution in [0.1, 0.15) is 45.6 Å². The van der Waals surface area contributed by atoms with Gasteiger partial charge >= 0.3 is 5.97 Å². The molecule has 1 saturated heterocycles. The second-order valence-corrected chi connectivity index (χ2v) is 8.83. The first-order valence-electron chi connectivity index (χ1n) is 8.68. The van der Waals surface area contributed by atoms with Crippen LogP contribution in [0.15, 0.2) is 30.3 Å². The van der Waals surface area contributed by atoms with Crippen LogP contribution in [0, 0.1) is 0 Å². The Morgan fingerprint density at radius 3 is 2.48 bits per heavy atom. The van der Waals surface area contributed by atoms with Crippen molar-refractivity contribution in [3.8, 4) is 0 Å². The van der Waals surface area contributed by atoms with Gasteiger partial charge in [0.25, 0.3) is 0 Å². The third-order valence-corrected chi connectivity index (χ3v) is 5.03. The first-order chi connectivity index (χ1) is 11.8. The van der Waals surface area contributed by atoms with E-state index in [0.717, 1.165) is 12.0 Å². The van der Waals surface area contributed by atoms with Gasteiger partial charge in [-0.15, -0.1) is 0 Å². The lowest BCUT2D eigenvalue weighted by Crippen LogP contribution is -2.34. The maximum Gasteiger partial charge on any atom is 0.307 e. The second kappa shape index (κ2) is 9.03. The third kappa shape index (κ3) is 6.29. The Morgan fingerprint density at radius 1 is 1.28 bits per heavy atom. The SMILES string of the molecule is COC(=O)C[C@H](CCC1(c2ccccc2)OCCO1)NSC(C)(C)C. The first kappa shape index (κ1) is 20.2. The van der Waals surface area contributed by atoms with Gasteiger partial charge in [-0.3, -0.25) is 9.52 Å². The number of esters is 1. The molecule has 140 valence electrons. The highest BCUT2D eigenvalue weighted by Gasteiger charge is 2.39. The minimum absolute atomic E-state index is 0.00920. The van der Waals surface area contributed by atoms with E-state index in [1.165, 1.54) is 7.11 Å². The molecule has 1 aliphatic heterocycles. The van der Waals surface area contributed by atoms with Gasteiger partial charge in [0.2, 0.25) is 0 Å². The van der Waals surface area contributed by atoms with Crippen molar-refractivity contribution in [3.05, 3.63) is 35.9 Å². The summed E-state index contributed by atoms with van der Waals surface area (Å²) in [6.45, 7) is 7.57. The van der Waals surface area contributed by atoms with Gasteiger partial charge in [0, 0.05) is 22.8 Å². The van der Waals surface area contributed by atoms with Crippen molar-refractivity contribution in [2.45, 2.75) is 56.6 Å². The van der Waals surface area contributed by atoms with E-state index in [4.69, 9.17) is 14.2 Å². The van der Waals surface area contributed by atoms with Crippen LogP contribution >= 0.6 is 11.9 Å². The van der Waals surface area contributed by atoms with E-state index < -0.39 is 5.79 Å². The lowest BCUT2D eigenvalue weighted by Gasteiger charge is -2.30. The van der Waals surface area contributed by atoms with Crippen molar-refractivity contribution in [2.75, 3.05) is 20.3 Å². The van der Waals surface area contributed by atoms with Gasteiger partial charge in [-0.05, 0) is 27.2 Å². The van der Waals surface area contributed by atoms with Crippen LogP contribution in [0.5, 0.6) is 0 Å². The molecule has 1 aromatic rings. The first-order valence-corrected chi connectivity index (χ1v) is 9.50. The Labute approximate surface area is 154 Å². The summed E-state index contributed by atoms with van der Waals surface area (Å²) in [6.07, 6.45) is 1.74. The van der Waals surface area contributed by atoms with Crippen molar-refractivity contribution < 1.29 is 19.0 Å². The summed E-state index contributed by atoms with van der Waals surface area (Å²) in [7, 11) is 1.42. The lowest BCUT2D eigenvalue weighted by molar-refractivity contribution is -0.172. The fraction of sp³-hybridized carbons (Fsp3) is 0.632. The molecule has 6 heteroatoms. The van der Waals surface area contributed by atoms with Crippen molar-refractivity contribution in [1.82, 2.24) is 4.72 Å². The molecule has 1 fully saturated rings. The molecule has 0 unspecified atom stereocenters. The van der Waals surface area contributed by atoms with Crippen molar-refractivity contribution in [2.24, 2.45) is 0 Å². The lowest BCUT2D eigenvalue weighted by atomic mass is 9.97. The molecule has 1 aromatic carbocycles. The number of hydrogen-bond acceptors (Lipinski definition) is 6. The molecule has 0 radical (unpaired) electrons. The normalized spacial score (nSPS) is 18.1. The largest absolute Gasteiger partial charge is 0.469 e. The molecule has 1 heterocycles. The van der Waals surface area contributed by atoms with Crippen molar-refractivity contribution >= 4 is 17.9 Å². The third-order valence-electron chi connectivity index (χ3n) is 3.96. The molecule has 2 rings (SSSR count). The molecule has 0 bridgehead atoms. The van der Waals surface area contributed by atoms with E-state index in [1.807, 2.05) is 30.3 Å². The standard InChI is InChI=1S/C19H29NO4S/c1-18(2,3)25-20-16(14-17(21)22-4)10-11-19(23-12-13-24-19)15-8-6-5-7-9-15/h5-9,16,20H,10-14H2,1-4H3/t16-/m0/s1. The number of carbonyl (C=O) groups excluding carboxylic acids is 1. The van der Waals surface area contributed by atoms with Gasteiger partial charge in [0.15, 0.2) is 5.79 Å². The summed E-state index contributed by atoms with van der Waals surface area (Å²) in [5.41, 5.74) is 1.02. The van der Waals surface area contributed by atoms with Crippen LogP contribution in [0.25, 0.3) is 0 Å². The molecular weight excluding hydrogens is 338 g/mol. The molecule has 25 heavy (non-hydrogen) atoms. The van der Waals surface area contributed by atoms with Crippen molar-refractivity contribution in [3.63, 3.8) is 0 Å². The maximum atomic E-state index is 11.8. The number of carbonyl (C=O) groups is 1. The molecule has 1 atom stereocenters. The molecule has 0 aromatic heterocycles. The number of ether oxygens (including phenoxy) is 3. The fourth-order valence-electron chi connectivity index (χ4n) is 2.71. The maximum absolute atomic E-state index is 11.8. The summed E-state index contributed by atoms with van der Waals surface area (Å²) < 4.78 is 20.3. The highest BCUT2D eigenvalue weighted by Crippen LogP contribution is 2.36. The van der Waals surface area contributed by atoms with Gasteiger partial charge in [0.1, 0.15) is 0 Å². The molecule has 5 nitrogen and oxygen atoms in total. The average Bonchev–Trinajstić information content (AvgIpc) is 3.07. The number of hydrogen-bond donors (Lipinski definition) is 1. The Morgan fingerprint density at radius 2 is 1.92 bits per heavy atom. The zero-order chi connectivity index (χ0) is 18.3. The van der Waals surface area contributed by atoms with E-state index in [-0.39, 0.29) is 16.8 Å². The minimum Gasteiger partial charge on any atom is -0.469 e. The summed E-state index contributed by atoms with van der Waals surface area (Å²) in [6, 6.07) is 10.00. The summed E-state index contributed by atoms with van der Waals surface area (Å²) in [5.74, 6) is -0.932.